The number of hydrogen-bond donors (Lipinski definition) is 0. The van der Waals surface area contributed by atoms with E-state index in [0.29, 0.717) is 28.6 Å². The number of nitriles is 2. The van der Waals surface area contributed by atoms with Crippen LogP contribution >= 0.6 is 0 Å². The normalized spacial score (nSPS) is 11.2. The molecule has 0 atom stereocenters. The molecule has 1 aromatic heterocycles. The van der Waals surface area contributed by atoms with Crippen LogP contribution in [0.25, 0.3) is 112 Å². The third-order valence-corrected chi connectivity index (χ3v) is 11.8. The smallest absolute Gasteiger partial charge is 0.164 e. The van der Waals surface area contributed by atoms with E-state index in [4.69, 9.17) is 15.0 Å². The van der Waals surface area contributed by atoms with Gasteiger partial charge in [0.2, 0.25) is 0 Å². The van der Waals surface area contributed by atoms with E-state index >= 15 is 0 Å². The van der Waals surface area contributed by atoms with Gasteiger partial charge in [-0.15, -0.1) is 0 Å². The Hall–Kier alpha value is -8.77. The molecule has 5 nitrogen and oxygen atoms in total. The third-order valence-electron chi connectivity index (χ3n) is 11.8. The van der Waals surface area contributed by atoms with Gasteiger partial charge in [0.1, 0.15) is 0 Å². The Labute approximate surface area is 359 Å². The maximum atomic E-state index is 10.3. The van der Waals surface area contributed by atoms with Crippen LogP contribution in [0.15, 0.2) is 200 Å². The Kier molecular flexibility index (Phi) is 8.85. The van der Waals surface area contributed by atoms with Gasteiger partial charge >= 0.3 is 0 Å². The van der Waals surface area contributed by atoms with E-state index in [2.05, 4.69) is 109 Å². The lowest BCUT2D eigenvalue weighted by molar-refractivity contribution is 1.07. The molecule has 0 unspecified atom stereocenters. The Morgan fingerprint density at radius 3 is 1.61 bits per heavy atom. The predicted molar refractivity (Wildman–Crippen MR) is 249 cm³/mol. The molecule has 0 aliphatic heterocycles. The number of hydrogen-bond acceptors (Lipinski definition) is 5. The molecule has 0 fully saturated rings. The molecule has 286 valence electrons. The van der Waals surface area contributed by atoms with Crippen LogP contribution in [-0.4, -0.2) is 15.0 Å². The van der Waals surface area contributed by atoms with Gasteiger partial charge in [-0.05, 0) is 102 Å². The molecule has 1 heterocycles. The van der Waals surface area contributed by atoms with E-state index in [9.17, 15) is 10.5 Å². The monoisotopic (exact) mass is 787 g/mol. The highest BCUT2D eigenvalue weighted by Crippen LogP contribution is 2.51. The first kappa shape index (κ1) is 36.3. The zero-order valence-corrected chi connectivity index (χ0v) is 33.3. The van der Waals surface area contributed by atoms with Crippen LogP contribution < -0.4 is 0 Å². The van der Waals surface area contributed by atoms with Crippen molar-refractivity contribution in [3.63, 3.8) is 0 Å². The summed E-state index contributed by atoms with van der Waals surface area (Å²) in [7, 11) is 0. The van der Waals surface area contributed by atoms with Crippen LogP contribution in [0.4, 0.5) is 0 Å². The molecule has 1 aliphatic rings. The van der Waals surface area contributed by atoms with Gasteiger partial charge in [-0.1, -0.05) is 170 Å². The van der Waals surface area contributed by atoms with E-state index in [1.165, 1.54) is 38.6 Å². The Morgan fingerprint density at radius 1 is 0.306 bits per heavy atom. The fourth-order valence-electron chi connectivity index (χ4n) is 8.78. The number of fused-ring (bicyclic) bond motifs is 3. The summed E-state index contributed by atoms with van der Waals surface area (Å²) in [5, 5.41) is 22.3. The standard InChI is InChI=1S/C57H33N5/c58-34-36-20-22-38(23-21-36)46-15-4-7-18-51(46)57-61-55(40-10-2-1-3-11-40)60-56(62-57)41-26-24-37(25-27-41)42-28-29-45(35-59)52(33-42)44-14-8-13-43(32-44)47-31-30-39-12-9-19-49-48-16-5-6-17-50(48)54(47)53(39)49/h1-33H. The van der Waals surface area contributed by atoms with Crippen molar-refractivity contribution in [1.29, 1.82) is 10.5 Å². The summed E-state index contributed by atoms with van der Waals surface area (Å²) in [5.41, 5.74) is 16.9. The SMILES string of the molecule is N#Cc1ccc(-c2ccccc2-c2nc(-c3ccccc3)nc(-c3ccc(-c4ccc(C#N)c(-c5cccc(-c6ccc7cccc8c7c6-c6ccccc6-8)c5)c4)cc3)n2)cc1. The molecule has 0 amide bonds. The molecule has 10 aromatic rings. The predicted octanol–water partition coefficient (Wildman–Crippen LogP) is 14.1. The molecule has 1 aliphatic carbocycles. The summed E-state index contributed by atoms with van der Waals surface area (Å²) >= 11 is 0. The third kappa shape index (κ3) is 6.30. The molecule has 11 rings (SSSR count). The van der Waals surface area contributed by atoms with Crippen LogP contribution in [-0.2, 0) is 0 Å². The van der Waals surface area contributed by atoms with E-state index < -0.39 is 0 Å². The molecule has 5 heteroatoms. The van der Waals surface area contributed by atoms with Crippen LogP contribution in [0.5, 0.6) is 0 Å². The van der Waals surface area contributed by atoms with Crippen LogP contribution in [0.3, 0.4) is 0 Å². The van der Waals surface area contributed by atoms with E-state index in [-0.39, 0.29) is 0 Å². The largest absolute Gasteiger partial charge is 0.208 e. The second kappa shape index (κ2) is 15.1. The Morgan fingerprint density at radius 2 is 0.871 bits per heavy atom. The summed E-state index contributed by atoms with van der Waals surface area (Å²) in [5.74, 6) is 1.68. The van der Waals surface area contributed by atoms with Crippen LogP contribution in [0.1, 0.15) is 11.1 Å². The highest BCUT2D eigenvalue weighted by Gasteiger charge is 2.24. The minimum atomic E-state index is 0.555. The average Bonchev–Trinajstić information content (AvgIpc) is 3.69. The quantitative estimate of drug-likeness (QED) is 0.161. The van der Waals surface area contributed by atoms with Crippen molar-refractivity contribution >= 4 is 10.8 Å². The van der Waals surface area contributed by atoms with Crippen molar-refractivity contribution in [2.75, 3.05) is 0 Å². The van der Waals surface area contributed by atoms with Crippen LogP contribution in [0.2, 0.25) is 0 Å². The molecule has 0 saturated carbocycles. The van der Waals surface area contributed by atoms with Gasteiger partial charge in [-0.25, -0.2) is 15.0 Å². The van der Waals surface area contributed by atoms with E-state index in [1.54, 1.807) is 0 Å². The molecular weight excluding hydrogens is 755 g/mol. The number of nitrogens with zero attached hydrogens (tertiary/aromatic N) is 5. The average molecular weight is 788 g/mol. The minimum Gasteiger partial charge on any atom is -0.208 e. The van der Waals surface area contributed by atoms with Crippen molar-refractivity contribution in [3.05, 3.63) is 211 Å². The summed E-state index contributed by atoms with van der Waals surface area (Å²) in [6, 6.07) is 72.7. The Balaban J connectivity index is 0.964. The van der Waals surface area contributed by atoms with Gasteiger partial charge in [-0.2, -0.15) is 10.5 Å². The molecule has 9 aromatic carbocycles. The summed E-state index contributed by atoms with van der Waals surface area (Å²) in [6.07, 6.45) is 0. The van der Waals surface area contributed by atoms with Gasteiger partial charge in [0, 0.05) is 22.3 Å². The summed E-state index contributed by atoms with van der Waals surface area (Å²) in [4.78, 5) is 15.1. The summed E-state index contributed by atoms with van der Waals surface area (Å²) < 4.78 is 0. The number of rotatable bonds is 7. The van der Waals surface area contributed by atoms with Crippen LogP contribution in [0, 0.1) is 22.7 Å². The first-order valence-corrected chi connectivity index (χ1v) is 20.5. The molecule has 62 heavy (non-hydrogen) atoms. The fraction of sp³-hybridized carbons (Fsp3) is 0. The van der Waals surface area contributed by atoms with Crippen molar-refractivity contribution < 1.29 is 0 Å². The van der Waals surface area contributed by atoms with Gasteiger partial charge in [0.15, 0.2) is 17.5 Å². The maximum absolute atomic E-state index is 10.3. The zero-order chi connectivity index (χ0) is 41.6. The highest BCUT2D eigenvalue weighted by molar-refractivity contribution is 6.19. The highest BCUT2D eigenvalue weighted by atomic mass is 15.0. The fourth-order valence-corrected chi connectivity index (χ4v) is 8.78. The van der Waals surface area contributed by atoms with Crippen molar-refractivity contribution in [1.82, 2.24) is 15.0 Å². The number of benzene rings is 9. The van der Waals surface area contributed by atoms with Gasteiger partial charge < -0.3 is 0 Å². The van der Waals surface area contributed by atoms with E-state index in [0.717, 1.165) is 55.6 Å². The second-order valence-electron chi connectivity index (χ2n) is 15.4. The molecule has 0 N–H and O–H groups in total. The lowest BCUT2D eigenvalue weighted by atomic mass is 9.90. The van der Waals surface area contributed by atoms with Crippen molar-refractivity contribution in [3.8, 4) is 113 Å². The Bertz CT molecular complexity index is 3470. The maximum Gasteiger partial charge on any atom is 0.164 e. The first-order chi connectivity index (χ1) is 30.6. The zero-order valence-electron chi connectivity index (χ0n) is 33.3. The molecule has 0 saturated heterocycles. The second-order valence-corrected chi connectivity index (χ2v) is 15.4. The van der Waals surface area contributed by atoms with Crippen molar-refractivity contribution in [2.45, 2.75) is 0 Å². The molecule has 0 radical (unpaired) electrons. The molecular formula is C57H33N5. The topological polar surface area (TPSA) is 86.2 Å². The molecule has 0 bridgehead atoms. The summed E-state index contributed by atoms with van der Waals surface area (Å²) in [6.45, 7) is 0. The molecule has 0 spiro atoms. The van der Waals surface area contributed by atoms with Crippen molar-refractivity contribution in [2.24, 2.45) is 0 Å². The minimum absolute atomic E-state index is 0.555. The van der Waals surface area contributed by atoms with E-state index in [1.807, 2.05) is 103 Å². The number of aromatic nitrogens is 3. The van der Waals surface area contributed by atoms with Gasteiger partial charge in [0.05, 0.1) is 23.3 Å². The van der Waals surface area contributed by atoms with Gasteiger partial charge in [-0.3, -0.25) is 0 Å². The first-order valence-electron chi connectivity index (χ1n) is 20.5. The van der Waals surface area contributed by atoms with Gasteiger partial charge in [0.25, 0.3) is 0 Å². The lowest BCUT2D eigenvalue weighted by Gasteiger charge is -2.14. The lowest BCUT2D eigenvalue weighted by Crippen LogP contribution is -2.01.